The van der Waals surface area contributed by atoms with E-state index in [1.54, 1.807) is 6.08 Å². The highest BCUT2D eigenvalue weighted by atomic mass is 16.6. The SMILES string of the molecule is C=C/C(C)=C/C(=O)OCC12CCC(C)=CC1OC1CC(O)C2(C)C12CO2. The van der Waals surface area contributed by atoms with Gasteiger partial charge >= 0.3 is 5.97 Å². The largest absolute Gasteiger partial charge is 0.462 e. The van der Waals surface area contributed by atoms with Crippen LogP contribution in [0.3, 0.4) is 0 Å². The molecule has 6 unspecified atom stereocenters. The molecule has 0 aromatic rings. The summed E-state index contributed by atoms with van der Waals surface area (Å²) < 4.78 is 18.0. The van der Waals surface area contributed by atoms with Crippen molar-refractivity contribution in [2.24, 2.45) is 10.8 Å². The Kier molecular flexibility index (Phi) is 3.99. The zero-order valence-electron chi connectivity index (χ0n) is 15.8. The van der Waals surface area contributed by atoms with Gasteiger partial charge in [0, 0.05) is 23.3 Å². The molecule has 1 saturated carbocycles. The Balaban J connectivity index is 1.69. The van der Waals surface area contributed by atoms with Crippen LogP contribution in [0.5, 0.6) is 0 Å². The first-order valence-corrected chi connectivity index (χ1v) is 9.41. The number of epoxide rings is 1. The van der Waals surface area contributed by atoms with Gasteiger partial charge in [-0.3, -0.25) is 0 Å². The molecule has 4 rings (SSSR count). The van der Waals surface area contributed by atoms with E-state index in [2.05, 4.69) is 26.5 Å². The number of carbonyl (C=O) groups excluding carboxylic acids is 1. The number of fused-ring (bicyclic) bond motifs is 2. The van der Waals surface area contributed by atoms with Gasteiger partial charge in [0.2, 0.25) is 0 Å². The summed E-state index contributed by atoms with van der Waals surface area (Å²) in [6, 6.07) is 0. The molecule has 2 heterocycles. The molecule has 0 aromatic carbocycles. The van der Waals surface area contributed by atoms with Gasteiger partial charge in [0.05, 0.1) is 24.9 Å². The monoisotopic (exact) mass is 360 g/mol. The third kappa shape index (κ3) is 2.17. The topological polar surface area (TPSA) is 68.3 Å². The van der Waals surface area contributed by atoms with Crippen LogP contribution in [-0.4, -0.2) is 48.2 Å². The summed E-state index contributed by atoms with van der Waals surface area (Å²) in [5, 5.41) is 11.0. The average molecular weight is 360 g/mol. The Labute approximate surface area is 154 Å². The predicted octanol–water partition coefficient (Wildman–Crippen LogP) is 2.70. The Hall–Kier alpha value is -1.43. The minimum absolute atomic E-state index is 0.0959. The second-order valence-corrected chi connectivity index (χ2v) is 8.55. The van der Waals surface area contributed by atoms with Crippen LogP contribution in [0.15, 0.2) is 36.0 Å². The van der Waals surface area contributed by atoms with Crippen LogP contribution >= 0.6 is 0 Å². The minimum Gasteiger partial charge on any atom is -0.462 e. The van der Waals surface area contributed by atoms with E-state index in [9.17, 15) is 9.90 Å². The van der Waals surface area contributed by atoms with Crippen molar-refractivity contribution in [2.75, 3.05) is 13.2 Å². The molecule has 2 aliphatic carbocycles. The standard InChI is InChI=1S/C21H28O5/c1-5-13(2)9-18(23)24-11-20-7-6-14(3)8-16(20)26-17-10-15(22)19(20,4)21(17)12-25-21/h5,8-9,15-17,22H,1,6-7,10-12H2,2-4H3/b13-9+. The first-order chi connectivity index (χ1) is 12.3. The van der Waals surface area contributed by atoms with Gasteiger partial charge in [0.25, 0.3) is 0 Å². The fraction of sp³-hybridized carbons (Fsp3) is 0.667. The summed E-state index contributed by atoms with van der Waals surface area (Å²) in [6.45, 7) is 10.5. The molecular formula is C21H28O5. The lowest BCUT2D eigenvalue weighted by molar-refractivity contribution is -0.229. The van der Waals surface area contributed by atoms with Crippen LogP contribution in [0.2, 0.25) is 0 Å². The molecule has 5 heteroatoms. The third-order valence-corrected chi connectivity index (χ3v) is 7.39. The van der Waals surface area contributed by atoms with E-state index in [-0.39, 0.29) is 24.8 Å². The highest BCUT2D eigenvalue weighted by Gasteiger charge is 2.81. The number of esters is 1. The van der Waals surface area contributed by atoms with E-state index in [1.165, 1.54) is 11.6 Å². The molecule has 4 aliphatic rings. The van der Waals surface area contributed by atoms with Crippen LogP contribution in [0.4, 0.5) is 0 Å². The number of rotatable bonds is 4. The number of allylic oxidation sites excluding steroid dienone is 3. The van der Waals surface area contributed by atoms with Crippen molar-refractivity contribution in [3.8, 4) is 0 Å². The van der Waals surface area contributed by atoms with Gasteiger partial charge in [-0.2, -0.15) is 0 Å². The van der Waals surface area contributed by atoms with Crippen molar-refractivity contribution in [1.82, 2.24) is 0 Å². The van der Waals surface area contributed by atoms with Gasteiger partial charge in [0.1, 0.15) is 12.2 Å². The van der Waals surface area contributed by atoms with E-state index in [4.69, 9.17) is 14.2 Å². The van der Waals surface area contributed by atoms with Crippen LogP contribution in [0.1, 0.15) is 40.0 Å². The summed E-state index contributed by atoms with van der Waals surface area (Å²) in [4.78, 5) is 12.3. The second kappa shape index (κ2) is 5.78. The van der Waals surface area contributed by atoms with E-state index in [0.717, 1.165) is 18.4 Å². The van der Waals surface area contributed by atoms with E-state index in [1.807, 2.05) is 6.92 Å². The van der Waals surface area contributed by atoms with Crippen LogP contribution in [0.25, 0.3) is 0 Å². The molecule has 2 saturated heterocycles. The average Bonchev–Trinajstić information content (AvgIpc) is 3.38. The number of hydrogen-bond donors (Lipinski definition) is 1. The smallest absolute Gasteiger partial charge is 0.331 e. The van der Waals surface area contributed by atoms with Crippen molar-refractivity contribution in [1.29, 1.82) is 0 Å². The van der Waals surface area contributed by atoms with E-state index >= 15 is 0 Å². The Bertz CT molecular complexity index is 703. The molecule has 1 spiro atoms. The summed E-state index contributed by atoms with van der Waals surface area (Å²) in [7, 11) is 0. The van der Waals surface area contributed by atoms with Gasteiger partial charge in [-0.05, 0) is 32.3 Å². The lowest BCUT2D eigenvalue weighted by Crippen LogP contribution is -2.66. The maximum atomic E-state index is 12.3. The fourth-order valence-electron chi connectivity index (χ4n) is 5.48. The molecule has 0 aromatic heterocycles. The summed E-state index contributed by atoms with van der Waals surface area (Å²) >= 11 is 0. The summed E-state index contributed by atoms with van der Waals surface area (Å²) in [6.07, 6.45) is 6.72. The van der Waals surface area contributed by atoms with Gasteiger partial charge < -0.3 is 19.3 Å². The number of ether oxygens (including phenoxy) is 3. The van der Waals surface area contributed by atoms with Crippen molar-refractivity contribution in [3.63, 3.8) is 0 Å². The first-order valence-electron chi connectivity index (χ1n) is 9.41. The Morgan fingerprint density at radius 2 is 2.27 bits per heavy atom. The maximum Gasteiger partial charge on any atom is 0.331 e. The molecule has 26 heavy (non-hydrogen) atoms. The maximum absolute atomic E-state index is 12.3. The van der Waals surface area contributed by atoms with Gasteiger partial charge in [-0.25, -0.2) is 4.79 Å². The number of aliphatic hydroxyl groups is 1. The van der Waals surface area contributed by atoms with Crippen molar-refractivity contribution in [3.05, 3.63) is 36.0 Å². The quantitative estimate of drug-likeness (QED) is 0.274. The zero-order valence-corrected chi connectivity index (χ0v) is 15.8. The van der Waals surface area contributed by atoms with Crippen molar-refractivity contribution in [2.45, 2.75) is 63.9 Å². The normalized spacial score (nSPS) is 46.5. The fourth-order valence-corrected chi connectivity index (χ4v) is 5.48. The Morgan fingerprint density at radius 1 is 1.54 bits per heavy atom. The van der Waals surface area contributed by atoms with Crippen LogP contribution in [0, 0.1) is 10.8 Å². The lowest BCUT2D eigenvalue weighted by Gasteiger charge is -2.58. The molecule has 2 aliphatic heterocycles. The van der Waals surface area contributed by atoms with Crippen LogP contribution < -0.4 is 0 Å². The zero-order chi connectivity index (χ0) is 18.7. The summed E-state index contributed by atoms with van der Waals surface area (Å²) in [5.74, 6) is -0.384. The van der Waals surface area contributed by atoms with Gasteiger partial charge in [-0.1, -0.05) is 31.2 Å². The molecule has 5 nitrogen and oxygen atoms in total. The summed E-state index contributed by atoms with van der Waals surface area (Å²) in [5.41, 5.74) is 0.617. The molecule has 142 valence electrons. The first kappa shape index (κ1) is 18.0. The molecule has 6 atom stereocenters. The molecule has 0 amide bonds. The van der Waals surface area contributed by atoms with Crippen molar-refractivity contribution >= 4 is 5.97 Å². The molecule has 1 N–H and O–H groups in total. The van der Waals surface area contributed by atoms with Crippen molar-refractivity contribution < 1.29 is 24.1 Å². The molecule has 0 radical (unpaired) electrons. The number of hydrogen-bond acceptors (Lipinski definition) is 5. The number of aliphatic hydroxyl groups excluding tert-OH is 1. The predicted molar refractivity (Wildman–Crippen MR) is 96.4 cm³/mol. The van der Waals surface area contributed by atoms with E-state index < -0.39 is 22.5 Å². The molecule has 2 bridgehead atoms. The Morgan fingerprint density at radius 3 is 2.92 bits per heavy atom. The van der Waals surface area contributed by atoms with Crippen LogP contribution in [-0.2, 0) is 19.0 Å². The molecular weight excluding hydrogens is 332 g/mol. The second-order valence-electron chi connectivity index (χ2n) is 8.55. The highest BCUT2D eigenvalue weighted by molar-refractivity contribution is 5.83. The van der Waals surface area contributed by atoms with Gasteiger partial charge in [-0.15, -0.1) is 0 Å². The van der Waals surface area contributed by atoms with Gasteiger partial charge in [0.15, 0.2) is 0 Å². The lowest BCUT2D eigenvalue weighted by atomic mass is 9.51. The number of carbonyl (C=O) groups is 1. The minimum atomic E-state index is -0.532. The molecule has 3 fully saturated rings. The third-order valence-electron chi connectivity index (χ3n) is 7.39. The highest BCUT2D eigenvalue weighted by Crippen LogP contribution is 2.71. The van der Waals surface area contributed by atoms with E-state index in [0.29, 0.717) is 13.0 Å².